The second-order valence-corrected chi connectivity index (χ2v) is 6.76. The van der Waals surface area contributed by atoms with Crippen molar-refractivity contribution in [2.75, 3.05) is 13.2 Å². The topological polar surface area (TPSA) is 54.4 Å². The van der Waals surface area contributed by atoms with Crippen molar-refractivity contribution in [1.29, 1.82) is 0 Å². The van der Waals surface area contributed by atoms with E-state index in [0.717, 1.165) is 30.8 Å². The van der Waals surface area contributed by atoms with Gasteiger partial charge in [0.05, 0.1) is 12.7 Å². The Morgan fingerprint density at radius 3 is 2.79 bits per heavy atom. The highest BCUT2D eigenvalue weighted by molar-refractivity contribution is 5.46. The first-order valence-electron chi connectivity index (χ1n) is 8.91. The van der Waals surface area contributed by atoms with Crippen molar-refractivity contribution in [3.8, 4) is 5.75 Å². The van der Waals surface area contributed by atoms with Gasteiger partial charge in [0.1, 0.15) is 5.75 Å². The van der Waals surface area contributed by atoms with Crippen LogP contribution < -0.4 is 10.1 Å². The number of aromatic nitrogens is 1. The Morgan fingerprint density at radius 1 is 1.17 bits per heavy atom. The van der Waals surface area contributed by atoms with Crippen LogP contribution in [0.2, 0.25) is 0 Å². The molecule has 0 amide bonds. The van der Waals surface area contributed by atoms with Crippen LogP contribution in [0.1, 0.15) is 53.7 Å². The van der Waals surface area contributed by atoms with Gasteiger partial charge in [-0.05, 0) is 67.0 Å². The highest BCUT2D eigenvalue weighted by Gasteiger charge is 2.24. The highest BCUT2D eigenvalue weighted by Crippen LogP contribution is 2.37. The van der Waals surface area contributed by atoms with Gasteiger partial charge in [0, 0.05) is 30.5 Å². The van der Waals surface area contributed by atoms with Gasteiger partial charge in [-0.25, -0.2) is 0 Å². The summed E-state index contributed by atoms with van der Waals surface area (Å²) in [6, 6.07) is 8.55. The molecule has 1 aliphatic heterocycles. The van der Waals surface area contributed by atoms with E-state index in [4.69, 9.17) is 4.74 Å². The number of aryl methyl sites for hydroxylation is 2. The SMILES string of the molecule is OC(CNC1CCCOc2cc3c(cc21)CCC3)c1ccncc1. The number of hydrogen-bond acceptors (Lipinski definition) is 4. The largest absolute Gasteiger partial charge is 0.493 e. The Kier molecular flexibility index (Phi) is 4.50. The lowest BCUT2D eigenvalue weighted by molar-refractivity contribution is 0.169. The molecule has 2 unspecified atom stereocenters. The Hall–Kier alpha value is -1.91. The predicted octanol–water partition coefficient (Wildman–Crippen LogP) is 3.11. The van der Waals surface area contributed by atoms with Gasteiger partial charge >= 0.3 is 0 Å². The molecule has 0 spiro atoms. The smallest absolute Gasteiger partial charge is 0.124 e. The van der Waals surface area contributed by atoms with Crippen molar-refractivity contribution in [2.24, 2.45) is 0 Å². The van der Waals surface area contributed by atoms with E-state index in [1.54, 1.807) is 12.4 Å². The summed E-state index contributed by atoms with van der Waals surface area (Å²) in [6.07, 6.45) is 8.58. The van der Waals surface area contributed by atoms with Crippen LogP contribution in [0, 0.1) is 0 Å². The van der Waals surface area contributed by atoms with Gasteiger partial charge < -0.3 is 15.2 Å². The summed E-state index contributed by atoms with van der Waals surface area (Å²) in [5, 5.41) is 14.0. The quantitative estimate of drug-likeness (QED) is 0.907. The van der Waals surface area contributed by atoms with Crippen LogP contribution in [-0.4, -0.2) is 23.2 Å². The molecule has 0 bridgehead atoms. The molecule has 4 nitrogen and oxygen atoms in total. The van der Waals surface area contributed by atoms with Crippen LogP contribution in [0.3, 0.4) is 0 Å². The van der Waals surface area contributed by atoms with E-state index in [9.17, 15) is 5.11 Å². The molecule has 4 heteroatoms. The van der Waals surface area contributed by atoms with Gasteiger partial charge in [-0.2, -0.15) is 0 Å². The van der Waals surface area contributed by atoms with Crippen molar-refractivity contribution >= 4 is 0 Å². The van der Waals surface area contributed by atoms with E-state index in [1.165, 1.54) is 36.0 Å². The van der Waals surface area contributed by atoms with Crippen molar-refractivity contribution in [3.05, 3.63) is 58.9 Å². The van der Waals surface area contributed by atoms with Gasteiger partial charge in [-0.15, -0.1) is 0 Å². The average molecular weight is 324 g/mol. The predicted molar refractivity (Wildman–Crippen MR) is 93.1 cm³/mol. The Labute approximate surface area is 142 Å². The number of pyridine rings is 1. The summed E-state index contributed by atoms with van der Waals surface area (Å²) in [4.78, 5) is 4.01. The lowest BCUT2D eigenvalue weighted by Gasteiger charge is -2.21. The summed E-state index contributed by atoms with van der Waals surface area (Å²) in [7, 11) is 0. The zero-order valence-corrected chi connectivity index (χ0v) is 13.9. The molecule has 1 aromatic heterocycles. The molecule has 4 rings (SSSR count). The van der Waals surface area contributed by atoms with Crippen LogP contribution in [-0.2, 0) is 12.8 Å². The maximum atomic E-state index is 10.4. The van der Waals surface area contributed by atoms with Gasteiger partial charge in [0.15, 0.2) is 0 Å². The molecular formula is C20H24N2O2. The molecule has 2 aromatic rings. The van der Waals surface area contributed by atoms with Crippen LogP contribution in [0.15, 0.2) is 36.7 Å². The molecule has 2 N–H and O–H groups in total. The van der Waals surface area contributed by atoms with Crippen LogP contribution >= 0.6 is 0 Å². The first-order valence-corrected chi connectivity index (χ1v) is 8.91. The Morgan fingerprint density at radius 2 is 1.96 bits per heavy atom. The minimum Gasteiger partial charge on any atom is -0.493 e. The third kappa shape index (κ3) is 3.17. The number of aliphatic hydroxyl groups excluding tert-OH is 1. The van der Waals surface area contributed by atoms with Gasteiger partial charge in [-0.1, -0.05) is 6.07 Å². The molecule has 0 radical (unpaired) electrons. The number of fused-ring (bicyclic) bond motifs is 2. The average Bonchev–Trinajstić information content (AvgIpc) is 2.99. The number of hydrogen-bond donors (Lipinski definition) is 2. The fourth-order valence-electron chi connectivity index (χ4n) is 3.81. The minimum atomic E-state index is -0.518. The van der Waals surface area contributed by atoms with Gasteiger partial charge in [0.25, 0.3) is 0 Å². The van der Waals surface area contributed by atoms with E-state index in [1.807, 2.05) is 12.1 Å². The molecule has 126 valence electrons. The molecule has 24 heavy (non-hydrogen) atoms. The summed E-state index contributed by atoms with van der Waals surface area (Å²) in [5.74, 6) is 1.03. The zero-order chi connectivity index (χ0) is 16.4. The molecule has 0 saturated carbocycles. The molecule has 2 heterocycles. The second-order valence-electron chi connectivity index (χ2n) is 6.76. The van der Waals surface area contributed by atoms with Crippen molar-refractivity contribution in [2.45, 2.75) is 44.2 Å². The third-order valence-corrected chi connectivity index (χ3v) is 5.14. The minimum absolute atomic E-state index is 0.241. The van der Waals surface area contributed by atoms with Gasteiger partial charge in [-0.3, -0.25) is 4.98 Å². The van der Waals surface area contributed by atoms with Gasteiger partial charge in [0.2, 0.25) is 0 Å². The molecule has 0 fully saturated rings. The zero-order valence-electron chi connectivity index (χ0n) is 13.9. The second kappa shape index (κ2) is 6.91. The first-order chi connectivity index (χ1) is 11.8. The van der Waals surface area contributed by atoms with Crippen LogP contribution in [0.5, 0.6) is 5.75 Å². The number of benzene rings is 1. The Balaban J connectivity index is 1.51. The number of aliphatic hydroxyl groups is 1. The Bertz CT molecular complexity index is 702. The third-order valence-electron chi connectivity index (χ3n) is 5.14. The molecule has 0 saturated heterocycles. The van der Waals surface area contributed by atoms with Crippen molar-refractivity contribution in [3.63, 3.8) is 0 Å². The standard InChI is InChI=1S/C20H24N2O2/c23-19(14-6-8-21-9-7-14)13-22-18-5-2-10-24-20-12-16-4-1-3-15(16)11-17(18)20/h6-9,11-12,18-19,22-23H,1-5,10,13H2. The summed E-state index contributed by atoms with van der Waals surface area (Å²) in [5.41, 5.74) is 5.08. The summed E-state index contributed by atoms with van der Waals surface area (Å²) in [6.45, 7) is 1.31. The lowest BCUT2D eigenvalue weighted by atomic mass is 9.97. The summed E-state index contributed by atoms with van der Waals surface area (Å²) >= 11 is 0. The lowest BCUT2D eigenvalue weighted by Crippen LogP contribution is -2.26. The molecule has 2 atom stereocenters. The maximum Gasteiger partial charge on any atom is 0.124 e. The van der Waals surface area contributed by atoms with Crippen LogP contribution in [0.25, 0.3) is 0 Å². The van der Waals surface area contributed by atoms with E-state index >= 15 is 0 Å². The molecular weight excluding hydrogens is 300 g/mol. The van der Waals surface area contributed by atoms with E-state index in [0.29, 0.717) is 6.54 Å². The number of rotatable bonds is 4. The maximum absolute atomic E-state index is 10.4. The van der Waals surface area contributed by atoms with E-state index < -0.39 is 6.10 Å². The highest BCUT2D eigenvalue weighted by atomic mass is 16.5. The van der Waals surface area contributed by atoms with E-state index in [-0.39, 0.29) is 6.04 Å². The van der Waals surface area contributed by atoms with Crippen molar-refractivity contribution < 1.29 is 9.84 Å². The molecule has 1 aromatic carbocycles. The monoisotopic (exact) mass is 324 g/mol. The molecule has 1 aliphatic carbocycles. The fourth-order valence-corrected chi connectivity index (χ4v) is 3.81. The van der Waals surface area contributed by atoms with E-state index in [2.05, 4.69) is 22.4 Å². The van der Waals surface area contributed by atoms with Crippen molar-refractivity contribution in [1.82, 2.24) is 10.3 Å². The molecule has 2 aliphatic rings. The number of nitrogens with zero attached hydrogens (tertiary/aromatic N) is 1. The summed E-state index contributed by atoms with van der Waals surface area (Å²) < 4.78 is 5.98. The first kappa shape index (κ1) is 15.6. The normalized spacial score (nSPS) is 20.6. The fraction of sp³-hybridized carbons (Fsp3) is 0.450. The number of nitrogens with one attached hydrogen (secondary N) is 1. The van der Waals surface area contributed by atoms with Crippen LogP contribution in [0.4, 0.5) is 0 Å². The number of ether oxygens (including phenoxy) is 1.